The Bertz CT molecular complexity index is 1210. The Hall–Kier alpha value is -4.27. The number of rotatable bonds is 6. The van der Waals surface area contributed by atoms with Crippen molar-refractivity contribution >= 4 is 17.3 Å². The number of carbonyl (C=O) groups excluding carboxylic acids is 1. The molecule has 1 unspecified atom stereocenters. The van der Waals surface area contributed by atoms with E-state index in [2.05, 4.69) is 25.9 Å². The molecule has 0 saturated carbocycles. The second-order valence-corrected chi connectivity index (χ2v) is 7.54. The van der Waals surface area contributed by atoms with Crippen LogP contribution in [-0.4, -0.2) is 43.4 Å². The van der Waals surface area contributed by atoms with Gasteiger partial charge in [0.2, 0.25) is 0 Å². The van der Waals surface area contributed by atoms with Gasteiger partial charge >= 0.3 is 0 Å². The molecule has 0 radical (unpaired) electrons. The molecule has 0 bridgehead atoms. The van der Waals surface area contributed by atoms with Crippen LogP contribution in [0.5, 0.6) is 0 Å². The van der Waals surface area contributed by atoms with Crippen LogP contribution in [-0.2, 0) is 4.79 Å². The van der Waals surface area contributed by atoms with Gasteiger partial charge in [-0.25, -0.2) is 9.69 Å². The third-order valence-electron chi connectivity index (χ3n) is 5.35. The third-order valence-corrected chi connectivity index (χ3v) is 5.35. The molecule has 2 aromatic heterocycles. The summed E-state index contributed by atoms with van der Waals surface area (Å²) in [5, 5.41) is 20.5. The van der Waals surface area contributed by atoms with Crippen LogP contribution in [0.2, 0.25) is 0 Å². The van der Waals surface area contributed by atoms with Gasteiger partial charge in [0.1, 0.15) is 18.1 Å². The highest BCUT2D eigenvalue weighted by molar-refractivity contribution is 6.03. The molecule has 2 aromatic carbocycles. The van der Waals surface area contributed by atoms with Gasteiger partial charge in [0.25, 0.3) is 5.91 Å². The van der Waals surface area contributed by atoms with Crippen molar-refractivity contribution in [3.63, 3.8) is 0 Å². The minimum Gasteiger partial charge on any atom is -0.467 e. The Morgan fingerprint density at radius 1 is 1.12 bits per heavy atom. The van der Waals surface area contributed by atoms with E-state index >= 15 is 0 Å². The van der Waals surface area contributed by atoms with Crippen molar-refractivity contribution in [2.75, 3.05) is 11.9 Å². The van der Waals surface area contributed by atoms with Crippen molar-refractivity contribution in [3.05, 3.63) is 90.1 Å². The van der Waals surface area contributed by atoms with E-state index in [1.165, 1.54) is 16.9 Å². The number of carbonyl (C=O) groups is 1. The van der Waals surface area contributed by atoms with Gasteiger partial charge in [0.05, 0.1) is 24.2 Å². The fourth-order valence-electron chi connectivity index (χ4n) is 3.63. The van der Waals surface area contributed by atoms with E-state index in [1.54, 1.807) is 10.9 Å². The summed E-state index contributed by atoms with van der Waals surface area (Å²) >= 11 is 0. The topological polar surface area (TPSA) is 101 Å². The molecule has 0 fully saturated rings. The predicted molar refractivity (Wildman–Crippen MR) is 118 cm³/mol. The van der Waals surface area contributed by atoms with Crippen LogP contribution in [0.15, 0.2) is 82.8 Å². The number of aryl methyl sites for hydroxylation is 1. The lowest BCUT2D eigenvalue weighted by Gasteiger charge is -2.20. The second kappa shape index (κ2) is 8.46. The monoisotopic (exact) mass is 427 g/mol. The number of hydrogen-bond acceptors (Lipinski definition) is 7. The van der Waals surface area contributed by atoms with Crippen LogP contribution in [0.4, 0.5) is 5.69 Å². The van der Waals surface area contributed by atoms with Gasteiger partial charge in [0, 0.05) is 12.1 Å². The highest BCUT2D eigenvalue weighted by Crippen LogP contribution is 2.33. The first kappa shape index (κ1) is 19.7. The Morgan fingerprint density at radius 2 is 1.94 bits per heavy atom. The summed E-state index contributed by atoms with van der Waals surface area (Å²) in [5.74, 6) is 0.577. The molecule has 3 heterocycles. The number of amides is 1. The maximum absolute atomic E-state index is 13.1. The van der Waals surface area contributed by atoms with E-state index in [0.29, 0.717) is 6.42 Å². The zero-order chi connectivity index (χ0) is 21.9. The zero-order valence-electron chi connectivity index (χ0n) is 17.4. The number of furan rings is 1. The average molecular weight is 427 g/mol. The lowest BCUT2D eigenvalue weighted by molar-refractivity contribution is -0.131. The number of hydrazone groups is 1. The molecular formula is C23H21N7O2. The van der Waals surface area contributed by atoms with Crippen LogP contribution < -0.4 is 5.32 Å². The molecule has 160 valence electrons. The fourth-order valence-corrected chi connectivity index (χ4v) is 3.63. The molecule has 0 spiro atoms. The molecule has 0 aliphatic carbocycles. The average Bonchev–Trinajstić information content (AvgIpc) is 3.59. The highest BCUT2D eigenvalue weighted by Gasteiger charge is 2.34. The molecule has 4 aromatic rings. The van der Waals surface area contributed by atoms with Crippen molar-refractivity contribution in [2.45, 2.75) is 19.4 Å². The standard InChI is InChI=1S/C23H21N7O2/c1-16-4-6-17(7-5-16)20-13-21(22-3-2-12-32-22)30(26-20)23(31)14-24-18-8-10-19(11-9-18)29-15-25-27-28-29/h2-12,15,21,24H,13-14H2,1H3. The Morgan fingerprint density at radius 3 is 2.62 bits per heavy atom. The number of aromatic nitrogens is 4. The van der Waals surface area contributed by atoms with Crippen LogP contribution in [0.1, 0.15) is 29.3 Å². The van der Waals surface area contributed by atoms with E-state index in [0.717, 1.165) is 28.4 Å². The molecule has 5 rings (SSSR count). The summed E-state index contributed by atoms with van der Waals surface area (Å²) in [7, 11) is 0. The van der Waals surface area contributed by atoms with Crippen molar-refractivity contribution in [2.24, 2.45) is 5.10 Å². The molecule has 32 heavy (non-hydrogen) atoms. The first-order chi connectivity index (χ1) is 15.7. The van der Waals surface area contributed by atoms with E-state index in [-0.39, 0.29) is 18.5 Å². The lowest BCUT2D eigenvalue weighted by Crippen LogP contribution is -2.32. The van der Waals surface area contributed by atoms with Gasteiger partial charge in [-0.1, -0.05) is 29.8 Å². The summed E-state index contributed by atoms with van der Waals surface area (Å²) in [4.78, 5) is 13.1. The van der Waals surface area contributed by atoms with Crippen molar-refractivity contribution in [3.8, 4) is 5.69 Å². The summed E-state index contributed by atoms with van der Waals surface area (Å²) in [5.41, 5.74) is 4.70. The summed E-state index contributed by atoms with van der Waals surface area (Å²) in [6, 6.07) is 19.1. The number of anilines is 1. The van der Waals surface area contributed by atoms with Crippen LogP contribution in [0.3, 0.4) is 0 Å². The number of nitrogens with zero attached hydrogens (tertiary/aromatic N) is 6. The van der Waals surface area contributed by atoms with Gasteiger partial charge in [-0.3, -0.25) is 4.79 Å². The highest BCUT2D eigenvalue weighted by atomic mass is 16.3. The number of nitrogens with one attached hydrogen (secondary N) is 1. The molecule has 1 atom stereocenters. The van der Waals surface area contributed by atoms with Gasteiger partial charge in [-0.2, -0.15) is 5.10 Å². The number of hydrogen-bond donors (Lipinski definition) is 1. The van der Waals surface area contributed by atoms with E-state index < -0.39 is 0 Å². The smallest absolute Gasteiger partial charge is 0.262 e. The van der Waals surface area contributed by atoms with Gasteiger partial charge in [-0.15, -0.1) is 5.10 Å². The molecule has 0 saturated heterocycles. The van der Waals surface area contributed by atoms with Crippen LogP contribution >= 0.6 is 0 Å². The molecule has 9 nitrogen and oxygen atoms in total. The normalized spacial score (nSPS) is 15.6. The predicted octanol–water partition coefficient (Wildman–Crippen LogP) is 3.35. The minimum absolute atomic E-state index is 0.103. The fraction of sp³-hybridized carbons (Fsp3) is 0.174. The molecule has 1 aliphatic heterocycles. The lowest BCUT2D eigenvalue weighted by atomic mass is 10.0. The first-order valence-electron chi connectivity index (χ1n) is 10.2. The summed E-state index contributed by atoms with van der Waals surface area (Å²) in [6.45, 7) is 2.15. The van der Waals surface area contributed by atoms with Gasteiger partial charge in [-0.05, 0) is 59.3 Å². The molecule has 1 aliphatic rings. The molecular weight excluding hydrogens is 406 g/mol. The van der Waals surface area contributed by atoms with E-state index in [4.69, 9.17) is 4.42 Å². The van der Waals surface area contributed by atoms with E-state index in [9.17, 15) is 4.79 Å². The van der Waals surface area contributed by atoms with E-state index in [1.807, 2.05) is 67.6 Å². The quantitative estimate of drug-likeness (QED) is 0.506. The van der Waals surface area contributed by atoms with Crippen molar-refractivity contribution < 1.29 is 9.21 Å². The maximum Gasteiger partial charge on any atom is 0.262 e. The molecule has 9 heteroatoms. The van der Waals surface area contributed by atoms with Gasteiger partial charge < -0.3 is 9.73 Å². The van der Waals surface area contributed by atoms with Crippen LogP contribution in [0, 0.1) is 6.92 Å². The first-order valence-corrected chi connectivity index (χ1v) is 10.2. The Labute approximate surface area is 184 Å². The number of benzene rings is 2. The van der Waals surface area contributed by atoms with Crippen LogP contribution in [0.25, 0.3) is 5.69 Å². The minimum atomic E-state index is -0.266. The number of tetrazole rings is 1. The largest absolute Gasteiger partial charge is 0.467 e. The third kappa shape index (κ3) is 4.00. The molecule has 1 amide bonds. The second-order valence-electron chi connectivity index (χ2n) is 7.54. The Kier molecular flexibility index (Phi) is 5.20. The van der Waals surface area contributed by atoms with Gasteiger partial charge in [0.15, 0.2) is 0 Å². The maximum atomic E-state index is 13.1. The zero-order valence-corrected chi connectivity index (χ0v) is 17.4. The van der Waals surface area contributed by atoms with Crippen molar-refractivity contribution in [1.82, 2.24) is 25.2 Å². The molecule has 1 N–H and O–H groups in total. The summed E-state index contributed by atoms with van der Waals surface area (Å²) < 4.78 is 7.17. The van der Waals surface area contributed by atoms with Crippen molar-refractivity contribution in [1.29, 1.82) is 0 Å². The SMILES string of the molecule is Cc1ccc(C2=NN(C(=O)CNc3ccc(-n4cnnn4)cc3)C(c3ccco3)C2)cc1. The summed E-state index contributed by atoms with van der Waals surface area (Å²) in [6.07, 6.45) is 3.74. The Balaban J connectivity index is 1.31.